The van der Waals surface area contributed by atoms with Crippen LogP contribution in [0.3, 0.4) is 0 Å². The van der Waals surface area contributed by atoms with Crippen molar-refractivity contribution in [2.75, 3.05) is 0 Å². The molecule has 0 amide bonds. The van der Waals surface area contributed by atoms with E-state index in [0.29, 0.717) is 10.6 Å². The number of benzene rings is 1. The molecule has 0 spiro atoms. The monoisotopic (exact) mass is 300 g/mol. The molecule has 0 aliphatic carbocycles. The maximum Gasteiger partial charge on any atom is 0.179 e. The van der Waals surface area contributed by atoms with Crippen molar-refractivity contribution in [2.45, 2.75) is 16.2 Å². The standard InChI is InChI=1S/C10H9ClN4OS2/c1-5-13-14-10(17-5)18-8-3-2-6(11)4-7(8)9(12)15-16/h2-4,16H,1H3,(H2,12,15). The van der Waals surface area contributed by atoms with Crippen LogP contribution in [0.4, 0.5) is 0 Å². The van der Waals surface area contributed by atoms with Gasteiger partial charge in [0.25, 0.3) is 0 Å². The number of oxime groups is 1. The zero-order valence-electron chi connectivity index (χ0n) is 9.29. The molecule has 2 aromatic rings. The van der Waals surface area contributed by atoms with Gasteiger partial charge in [-0.15, -0.1) is 10.2 Å². The van der Waals surface area contributed by atoms with Crippen molar-refractivity contribution in [2.24, 2.45) is 10.9 Å². The summed E-state index contributed by atoms with van der Waals surface area (Å²) >= 11 is 8.78. The molecule has 94 valence electrons. The van der Waals surface area contributed by atoms with Gasteiger partial charge in [-0.25, -0.2) is 0 Å². The Morgan fingerprint density at radius 3 is 2.89 bits per heavy atom. The summed E-state index contributed by atoms with van der Waals surface area (Å²) in [5.41, 5.74) is 6.19. The number of halogens is 1. The number of amidine groups is 1. The van der Waals surface area contributed by atoms with E-state index in [0.717, 1.165) is 14.2 Å². The first-order chi connectivity index (χ1) is 8.60. The number of rotatable bonds is 3. The van der Waals surface area contributed by atoms with Crippen molar-refractivity contribution in [3.63, 3.8) is 0 Å². The average molecular weight is 301 g/mol. The smallest absolute Gasteiger partial charge is 0.179 e. The van der Waals surface area contributed by atoms with Gasteiger partial charge in [0.05, 0.1) is 0 Å². The molecule has 2 rings (SSSR count). The van der Waals surface area contributed by atoms with E-state index >= 15 is 0 Å². The Hall–Kier alpha value is -1.31. The topological polar surface area (TPSA) is 84.4 Å². The van der Waals surface area contributed by atoms with E-state index in [9.17, 15) is 0 Å². The fourth-order valence-electron chi connectivity index (χ4n) is 1.26. The second kappa shape index (κ2) is 5.55. The molecule has 0 saturated carbocycles. The van der Waals surface area contributed by atoms with Crippen LogP contribution in [-0.4, -0.2) is 21.2 Å². The van der Waals surface area contributed by atoms with Crippen LogP contribution in [0.15, 0.2) is 32.6 Å². The molecule has 0 radical (unpaired) electrons. The average Bonchev–Trinajstić information content (AvgIpc) is 2.76. The van der Waals surface area contributed by atoms with E-state index in [1.54, 1.807) is 18.2 Å². The summed E-state index contributed by atoms with van der Waals surface area (Å²) in [5.74, 6) is 0.0150. The highest BCUT2D eigenvalue weighted by atomic mass is 35.5. The third-order valence-electron chi connectivity index (χ3n) is 2.03. The fourth-order valence-corrected chi connectivity index (χ4v) is 3.32. The van der Waals surface area contributed by atoms with Crippen molar-refractivity contribution < 1.29 is 5.21 Å². The Morgan fingerprint density at radius 2 is 2.28 bits per heavy atom. The number of hydrogen-bond acceptors (Lipinski definition) is 6. The minimum Gasteiger partial charge on any atom is -0.409 e. The van der Waals surface area contributed by atoms with Gasteiger partial charge in [0.15, 0.2) is 10.2 Å². The van der Waals surface area contributed by atoms with Crippen molar-refractivity contribution in [1.82, 2.24) is 10.2 Å². The molecule has 0 aliphatic heterocycles. The van der Waals surface area contributed by atoms with E-state index < -0.39 is 0 Å². The van der Waals surface area contributed by atoms with Gasteiger partial charge in [0.2, 0.25) is 0 Å². The van der Waals surface area contributed by atoms with Gasteiger partial charge in [0, 0.05) is 15.5 Å². The number of nitrogens with two attached hydrogens (primary N) is 1. The lowest BCUT2D eigenvalue weighted by Crippen LogP contribution is -2.14. The second-order valence-corrected chi connectivity index (χ2v) is 6.22. The molecular weight excluding hydrogens is 292 g/mol. The van der Waals surface area contributed by atoms with E-state index in [2.05, 4.69) is 15.4 Å². The van der Waals surface area contributed by atoms with Crippen LogP contribution < -0.4 is 5.73 Å². The maximum absolute atomic E-state index is 8.76. The van der Waals surface area contributed by atoms with Gasteiger partial charge in [-0.05, 0) is 25.1 Å². The van der Waals surface area contributed by atoms with Gasteiger partial charge in [0.1, 0.15) is 5.01 Å². The number of nitrogens with zero attached hydrogens (tertiary/aromatic N) is 3. The van der Waals surface area contributed by atoms with Crippen LogP contribution in [0.2, 0.25) is 5.02 Å². The van der Waals surface area contributed by atoms with Crippen LogP contribution in [0.5, 0.6) is 0 Å². The summed E-state index contributed by atoms with van der Waals surface area (Å²) in [6, 6.07) is 5.19. The van der Waals surface area contributed by atoms with E-state index in [1.807, 2.05) is 6.92 Å². The lowest BCUT2D eigenvalue weighted by molar-refractivity contribution is 0.318. The predicted octanol–water partition coefficient (Wildman–Crippen LogP) is 2.75. The van der Waals surface area contributed by atoms with Crippen molar-refractivity contribution >= 4 is 40.5 Å². The third kappa shape index (κ3) is 2.92. The predicted molar refractivity (Wildman–Crippen MR) is 72.7 cm³/mol. The molecule has 8 heteroatoms. The largest absolute Gasteiger partial charge is 0.409 e. The molecule has 5 nitrogen and oxygen atoms in total. The third-order valence-corrected chi connectivity index (χ3v) is 4.23. The molecule has 0 unspecified atom stereocenters. The number of hydrogen-bond donors (Lipinski definition) is 2. The van der Waals surface area contributed by atoms with Gasteiger partial charge >= 0.3 is 0 Å². The Morgan fingerprint density at radius 1 is 1.50 bits per heavy atom. The molecule has 3 N–H and O–H groups in total. The number of aromatic nitrogens is 2. The van der Waals surface area contributed by atoms with Crippen molar-refractivity contribution in [1.29, 1.82) is 0 Å². The summed E-state index contributed by atoms with van der Waals surface area (Å²) < 4.78 is 0.793. The summed E-state index contributed by atoms with van der Waals surface area (Å²) in [6.07, 6.45) is 0. The van der Waals surface area contributed by atoms with Crippen LogP contribution >= 0.6 is 34.7 Å². The summed E-state index contributed by atoms with van der Waals surface area (Å²) in [4.78, 5) is 0.811. The Labute approximate surface area is 117 Å². The first kappa shape index (κ1) is 13.1. The first-order valence-electron chi connectivity index (χ1n) is 4.85. The lowest BCUT2D eigenvalue weighted by atomic mass is 10.2. The second-order valence-electron chi connectivity index (χ2n) is 3.31. The van der Waals surface area contributed by atoms with Gasteiger partial charge in [-0.2, -0.15) is 0 Å². The Balaban J connectivity index is 2.38. The fraction of sp³-hybridized carbons (Fsp3) is 0.100. The van der Waals surface area contributed by atoms with Gasteiger partial charge in [-0.1, -0.05) is 39.9 Å². The summed E-state index contributed by atoms with van der Waals surface area (Å²) in [6.45, 7) is 1.88. The quantitative estimate of drug-likeness (QED) is 0.394. The number of aryl methyl sites for hydroxylation is 1. The lowest BCUT2D eigenvalue weighted by Gasteiger charge is -2.06. The molecule has 1 aromatic carbocycles. The van der Waals surface area contributed by atoms with Crippen molar-refractivity contribution in [3.05, 3.63) is 33.8 Å². The SMILES string of the molecule is Cc1nnc(Sc2ccc(Cl)cc2C(N)=NO)s1. The molecule has 18 heavy (non-hydrogen) atoms. The summed E-state index contributed by atoms with van der Waals surface area (Å²) in [7, 11) is 0. The summed E-state index contributed by atoms with van der Waals surface area (Å²) in [5, 5.41) is 21.1. The van der Waals surface area contributed by atoms with Crippen LogP contribution in [0.1, 0.15) is 10.6 Å². The molecule has 0 aliphatic rings. The molecule has 0 fully saturated rings. The normalized spacial score (nSPS) is 11.8. The molecule has 1 heterocycles. The zero-order valence-corrected chi connectivity index (χ0v) is 11.7. The highest BCUT2D eigenvalue weighted by Crippen LogP contribution is 2.33. The zero-order chi connectivity index (χ0) is 13.1. The molecule has 0 bridgehead atoms. The highest BCUT2D eigenvalue weighted by Gasteiger charge is 2.11. The van der Waals surface area contributed by atoms with Gasteiger partial charge < -0.3 is 10.9 Å². The molecule has 1 aromatic heterocycles. The van der Waals surface area contributed by atoms with E-state index in [-0.39, 0.29) is 5.84 Å². The Kier molecular flexibility index (Phi) is 4.05. The van der Waals surface area contributed by atoms with Crippen LogP contribution in [0, 0.1) is 6.92 Å². The van der Waals surface area contributed by atoms with Crippen LogP contribution in [0.25, 0.3) is 0 Å². The minimum atomic E-state index is 0.0150. The van der Waals surface area contributed by atoms with Crippen LogP contribution in [-0.2, 0) is 0 Å². The molecule has 0 saturated heterocycles. The van der Waals surface area contributed by atoms with Crippen molar-refractivity contribution in [3.8, 4) is 0 Å². The highest BCUT2D eigenvalue weighted by molar-refractivity contribution is 8.01. The van der Waals surface area contributed by atoms with E-state index in [1.165, 1.54) is 23.1 Å². The Bertz CT molecular complexity index is 599. The van der Waals surface area contributed by atoms with E-state index in [4.69, 9.17) is 22.5 Å². The first-order valence-corrected chi connectivity index (χ1v) is 6.86. The minimum absolute atomic E-state index is 0.0150. The molecule has 0 atom stereocenters. The maximum atomic E-state index is 8.76. The molecular formula is C10H9ClN4OS2. The van der Waals surface area contributed by atoms with Gasteiger partial charge in [-0.3, -0.25) is 0 Å².